The maximum atomic E-state index is 13.0. The summed E-state index contributed by atoms with van der Waals surface area (Å²) in [4.78, 5) is 17.4. The number of amides is 1. The number of carbonyl (C=O) groups is 1. The number of thiophene rings is 1. The fourth-order valence-corrected chi connectivity index (χ4v) is 5.33. The third-order valence-electron chi connectivity index (χ3n) is 5.47. The second-order valence-corrected chi connectivity index (χ2v) is 8.13. The van der Waals surface area contributed by atoms with Gasteiger partial charge in [-0.3, -0.25) is 4.79 Å². The molecule has 0 spiro atoms. The van der Waals surface area contributed by atoms with Crippen molar-refractivity contribution in [2.24, 2.45) is 11.7 Å². The molecule has 1 fully saturated rings. The van der Waals surface area contributed by atoms with Gasteiger partial charge in [0.15, 0.2) is 0 Å². The first kappa shape index (κ1) is 18.4. The van der Waals surface area contributed by atoms with E-state index in [1.54, 1.807) is 11.3 Å². The second kappa shape index (κ2) is 7.90. The van der Waals surface area contributed by atoms with Gasteiger partial charge >= 0.3 is 0 Å². The zero-order valence-electron chi connectivity index (χ0n) is 14.3. The monoisotopic (exact) mass is 376 g/mol. The van der Waals surface area contributed by atoms with Crippen LogP contribution in [0.4, 0.5) is 0 Å². The van der Waals surface area contributed by atoms with Crippen LogP contribution in [0.25, 0.3) is 0 Å². The third-order valence-corrected chi connectivity index (χ3v) is 6.69. The van der Waals surface area contributed by atoms with Crippen LogP contribution in [-0.2, 0) is 12.8 Å². The second-order valence-electron chi connectivity index (χ2n) is 6.99. The summed E-state index contributed by atoms with van der Waals surface area (Å²) < 4.78 is 0. The molecule has 0 radical (unpaired) electrons. The van der Waals surface area contributed by atoms with Gasteiger partial charge in [-0.25, -0.2) is 0 Å². The maximum absolute atomic E-state index is 13.0. The number of nitrogens with two attached hydrogens (primary N) is 1. The third kappa shape index (κ3) is 3.62. The lowest BCUT2D eigenvalue weighted by Gasteiger charge is -2.16. The SMILES string of the molecule is Cl.NC[C@@H]1CN(C(=O)c2cc3c(s2)CCCC3)C[C@H]1c1ccccc1. The molecule has 4 rings (SSSR count). The van der Waals surface area contributed by atoms with Crippen LogP contribution in [0.3, 0.4) is 0 Å². The highest BCUT2D eigenvalue weighted by atomic mass is 35.5. The molecule has 0 saturated carbocycles. The molecule has 1 aliphatic heterocycles. The van der Waals surface area contributed by atoms with Gasteiger partial charge in [-0.05, 0) is 55.3 Å². The Bertz CT molecular complexity index is 707. The summed E-state index contributed by atoms with van der Waals surface area (Å²) in [6.45, 7) is 2.19. The average molecular weight is 377 g/mol. The van der Waals surface area contributed by atoms with Crippen LogP contribution in [0.15, 0.2) is 36.4 Å². The maximum Gasteiger partial charge on any atom is 0.263 e. The number of likely N-dealkylation sites (tertiary alicyclic amines) is 1. The quantitative estimate of drug-likeness (QED) is 0.883. The van der Waals surface area contributed by atoms with Crippen LogP contribution in [0, 0.1) is 5.92 Å². The van der Waals surface area contributed by atoms with Crippen molar-refractivity contribution in [2.75, 3.05) is 19.6 Å². The summed E-state index contributed by atoms with van der Waals surface area (Å²) in [6, 6.07) is 12.6. The topological polar surface area (TPSA) is 46.3 Å². The lowest BCUT2D eigenvalue weighted by atomic mass is 9.89. The Morgan fingerprint density at radius 2 is 1.92 bits per heavy atom. The molecule has 2 aromatic rings. The Labute approximate surface area is 159 Å². The van der Waals surface area contributed by atoms with E-state index >= 15 is 0 Å². The molecule has 25 heavy (non-hydrogen) atoms. The van der Waals surface area contributed by atoms with Crippen LogP contribution < -0.4 is 5.73 Å². The normalized spacial score (nSPS) is 22.4. The van der Waals surface area contributed by atoms with E-state index in [9.17, 15) is 4.79 Å². The van der Waals surface area contributed by atoms with Crippen molar-refractivity contribution < 1.29 is 4.79 Å². The molecule has 0 bridgehead atoms. The average Bonchev–Trinajstić information content (AvgIpc) is 3.26. The van der Waals surface area contributed by atoms with Gasteiger partial charge in [-0.15, -0.1) is 23.7 Å². The van der Waals surface area contributed by atoms with E-state index in [1.807, 2.05) is 11.0 Å². The zero-order chi connectivity index (χ0) is 16.5. The highest BCUT2D eigenvalue weighted by Crippen LogP contribution is 2.35. The van der Waals surface area contributed by atoms with Gasteiger partial charge in [-0.2, -0.15) is 0 Å². The van der Waals surface area contributed by atoms with Gasteiger partial charge in [0.05, 0.1) is 4.88 Å². The molecule has 2 atom stereocenters. The molecule has 1 aliphatic carbocycles. The minimum Gasteiger partial charge on any atom is -0.337 e. The predicted molar refractivity (Wildman–Crippen MR) is 106 cm³/mol. The first-order valence-electron chi connectivity index (χ1n) is 8.92. The van der Waals surface area contributed by atoms with Crippen LogP contribution in [0.1, 0.15) is 44.4 Å². The van der Waals surface area contributed by atoms with E-state index in [-0.39, 0.29) is 18.3 Å². The van der Waals surface area contributed by atoms with Crippen LogP contribution in [0.5, 0.6) is 0 Å². The number of nitrogens with zero attached hydrogens (tertiary/aromatic N) is 1. The highest BCUT2D eigenvalue weighted by molar-refractivity contribution is 7.14. The van der Waals surface area contributed by atoms with Gasteiger partial charge in [0, 0.05) is 23.9 Å². The molecular formula is C20H25ClN2OS. The molecule has 1 saturated heterocycles. The van der Waals surface area contributed by atoms with Crippen molar-refractivity contribution >= 4 is 29.7 Å². The molecule has 1 aromatic carbocycles. The van der Waals surface area contributed by atoms with E-state index in [0.717, 1.165) is 30.8 Å². The van der Waals surface area contributed by atoms with Crippen molar-refractivity contribution in [3.05, 3.63) is 57.3 Å². The number of hydrogen-bond acceptors (Lipinski definition) is 3. The summed E-state index contributed by atoms with van der Waals surface area (Å²) in [7, 11) is 0. The zero-order valence-corrected chi connectivity index (χ0v) is 16.0. The summed E-state index contributed by atoms with van der Waals surface area (Å²) in [5.41, 5.74) is 8.71. The Hall–Kier alpha value is -1.36. The standard InChI is InChI=1S/C20H24N2OS.ClH/c21-11-16-12-22(13-17(16)14-6-2-1-3-7-14)20(23)19-10-15-8-4-5-9-18(15)24-19;/h1-3,6-7,10,16-17H,4-5,8-9,11-13,21H2;1H/t16-,17+;/m1./s1. The van der Waals surface area contributed by atoms with Gasteiger partial charge in [0.25, 0.3) is 5.91 Å². The van der Waals surface area contributed by atoms with Crippen LogP contribution >= 0.6 is 23.7 Å². The van der Waals surface area contributed by atoms with Crippen LogP contribution in [-0.4, -0.2) is 30.4 Å². The summed E-state index contributed by atoms with van der Waals surface area (Å²) in [6.07, 6.45) is 4.80. The summed E-state index contributed by atoms with van der Waals surface area (Å²) in [5.74, 6) is 0.909. The molecule has 3 nitrogen and oxygen atoms in total. The Morgan fingerprint density at radius 1 is 1.16 bits per heavy atom. The first-order chi connectivity index (χ1) is 11.8. The smallest absolute Gasteiger partial charge is 0.263 e. The minimum atomic E-state index is 0. The molecule has 134 valence electrons. The van der Waals surface area contributed by atoms with Crippen molar-refractivity contribution in [2.45, 2.75) is 31.6 Å². The fourth-order valence-electron chi connectivity index (χ4n) is 4.11. The number of hydrogen-bond donors (Lipinski definition) is 1. The number of carbonyl (C=O) groups excluding carboxylic acids is 1. The lowest BCUT2D eigenvalue weighted by molar-refractivity contribution is 0.0791. The molecule has 5 heteroatoms. The molecule has 2 heterocycles. The Morgan fingerprint density at radius 3 is 2.64 bits per heavy atom. The largest absolute Gasteiger partial charge is 0.337 e. The molecule has 2 N–H and O–H groups in total. The van der Waals surface area contributed by atoms with Gasteiger partial charge < -0.3 is 10.6 Å². The van der Waals surface area contributed by atoms with Crippen molar-refractivity contribution in [1.82, 2.24) is 4.90 Å². The van der Waals surface area contributed by atoms with E-state index in [1.165, 1.54) is 28.8 Å². The predicted octanol–water partition coefficient (Wildman–Crippen LogP) is 3.86. The summed E-state index contributed by atoms with van der Waals surface area (Å²) in [5, 5.41) is 0. The number of benzene rings is 1. The summed E-state index contributed by atoms with van der Waals surface area (Å²) >= 11 is 1.71. The van der Waals surface area contributed by atoms with Gasteiger partial charge in [0.2, 0.25) is 0 Å². The fraction of sp³-hybridized carbons (Fsp3) is 0.450. The number of aryl methyl sites for hydroxylation is 2. The minimum absolute atomic E-state index is 0. The van der Waals surface area contributed by atoms with E-state index in [0.29, 0.717) is 18.4 Å². The molecule has 1 amide bonds. The molecule has 1 aromatic heterocycles. The van der Waals surface area contributed by atoms with Gasteiger partial charge in [-0.1, -0.05) is 30.3 Å². The van der Waals surface area contributed by atoms with E-state index in [2.05, 4.69) is 30.3 Å². The number of halogens is 1. The van der Waals surface area contributed by atoms with Crippen molar-refractivity contribution in [3.8, 4) is 0 Å². The molecule has 2 aliphatic rings. The Balaban J connectivity index is 0.00000182. The lowest BCUT2D eigenvalue weighted by Crippen LogP contribution is -2.29. The number of rotatable bonds is 3. The van der Waals surface area contributed by atoms with Crippen LogP contribution in [0.2, 0.25) is 0 Å². The highest BCUT2D eigenvalue weighted by Gasteiger charge is 2.36. The van der Waals surface area contributed by atoms with E-state index in [4.69, 9.17) is 5.73 Å². The first-order valence-corrected chi connectivity index (χ1v) is 9.74. The van der Waals surface area contributed by atoms with Gasteiger partial charge in [0.1, 0.15) is 0 Å². The van der Waals surface area contributed by atoms with E-state index < -0.39 is 0 Å². The van der Waals surface area contributed by atoms with Crippen molar-refractivity contribution in [1.29, 1.82) is 0 Å². The molecular weight excluding hydrogens is 352 g/mol. The number of fused-ring (bicyclic) bond motifs is 1. The Kier molecular flexibility index (Phi) is 5.82. The van der Waals surface area contributed by atoms with Crippen molar-refractivity contribution in [3.63, 3.8) is 0 Å². The molecule has 0 unspecified atom stereocenters.